The van der Waals surface area contributed by atoms with E-state index in [1.54, 1.807) is 0 Å². The predicted molar refractivity (Wildman–Crippen MR) is 98.8 cm³/mol. The monoisotopic (exact) mass is 340 g/mol. The fourth-order valence-electron chi connectivity index (χ4n) is 3.45. The van der Waals surface area contributed by atoms with Crippen LogP contribution in [0.15, 0.2) is 23.3 Å². The highest BCUT2D eigenvalue weighted by atomic mass is 32.1. The summed E-state index contributed by atoms with van der Waals surface area (Å²) in [5, 5.41) is 0. The molecule has 126 valence electrons. The minimum absolute atomic E-state index is 0.868. The Morgan fingerprint density at radius 1 is 1.17 bits per heavy atom. The van der Waals surface area contributed by atoms with E-state index in [1.807, 2.05) is 17.5 Å². The van der Waals surface area contributed by atoms with Gasteiger partial charge in [-0.1, -0.05) is 6.92 Å². The Morgan fingerprint density at radius 3 is 2.88 bits per heavy atom. The van der Waals surface area contributed by atoms with Crippen LogP contribution in [0.2, 0.25) is 0 Å². The first-order valence-electron chi connectivity index (χ1n) is 9.00. The van der Waals surface area contributed by atoms with Crippen molar-refractivity contribution < 1.29 is 0 Å². The normalized spacial score (nSPS) is 18.3. The first-order chi connectivity index (χ1) is 11.8. The number of fused-ring (bicyclic) bond motifs is 1. The topological polar surface area (TPSA) is 41.4 Å². The van der Waals surface area contributed by atoms with Crippen LogP contribution in [0.1, 0.15) is 53.0 Å². The van der Waals surface area contributed by atoms with E-state index in [1.165, 1.54) is 33.9 Å². The van der Waals surface area contributed by atoms with Crippen LogP contribution in [0.25, 0.3) is 0 Å². The molecule has 4 rings (SSSR count). The maximum absolute atomic E-state index is 4.83. The maximum Gasteiger partial charge on any atom is 0.173 e. The lowest BCUT2D eigenvalue weighted by Crippen LogP contribution is -2.31. The van der Waals surface area contributed by atoms with Crippen molar-refractivity contribution in [1.29, 1.82) is 0 Å². The molecule has 2 aromatic rings. The van der Waals surface area contributed by atoms with E-state index >= 15 is 0 Å². The van der Waals surface area contributed by atoms with E-state index in [0.29, 0.717) is 0 Å². The lowest BCUT2D eigenvalue weighted by Gasteiger charge is -2.27. The van der Waals surface area contributed by atoms with Crippen LogP contribution < -0.4 is 0 Å². The summed E-state index contributed by atoms with van der Waals surface area (Å²) in [5.74, 6) is 0.868. The first-order valence-corrected chi connectivity index (χ1v) is 9.82. The van der Waals surface area contributed by atoms with Crippen molar-refractivity contribution in [1.82, 2.24) is 14.9 Å². The Morgan fingerprint density at radius 2 is 2.08 bits per heavy atom. The van der Waals surface area contributed by atoms with Gasteiger partial charge in [-0.3, -0.25) is 9.89 Å². The predicted octanol–water partition coefficient (Wildman–Crippen LogP) is 3.63. The van der Waals surface area contributed by atoms with Crippen molar-refractivity contribution in [3.05, 3.63) is 45.2 Å². The average Bonchev–Trinajstić information content (AvgIpc) is 3.09. The van der Waals surface area contributed by atoms with Crippen molar-refractivity contribution in [2.75, 3.05) is 13.1 Å². The second kappa shape index (κ2) is 7.11. The molecule has 2 aromatic heterocycles. The molecular weight excluding hydrogens is 316 g/mol. The molecule has 5 heteroatoms. The number of hydrogen-bond donors (Lipinski definition) is 0. The van der Waals surface area contributed by atoms with Crippen molar-refractivity contribution in [2.24, 2.45) is 4.99 Å². The van der Waals surface area contributed by atoms with Crippen molar-refractivity contribution in [3.63, 3.8) is 0 Å². The van der Waals surface area contributed by atoms with E-state index < -0.39 is 0 Å². The summed E-state index contributed by atoms with van der Waals surface area (Å²) in [4.78, 5) is 19.5. The van der Waals surface area contributed by atoms with Crippen molar-refractivity contribution in [3.8, 4) is 0 Å². The van der Waals surface area contributed by atoms with Crippen LogP contribution in [0, 0.1) is 0 Å². The summed E-state index contributed by atoms with van der Waals surface area (Å²) in [7, 11) is 0. The summed E-state index contributed by atoms with van der Waals surface area (Å²) in [6.45, 7) is 6.23. The van der Waals surface area contributed by atoms with E-state index in [-0.39, 0.29) is 0 Å². The number of rotatable bonds is 4. The number of aliphatic imine (C=N–C) groups is 1. The molecule has 24 heavy (non-hydrogen) atoms. The fourth-order valence-corrected chi connectivity index (χ4v) is 4.45. The van der Waals surface area contributed by atoms with Gasteiger partial charge >= 0.3 is 0 Å². The quantitative estimate of drug-likeness (QED) is 0.853. The molecule has 4 heterocycles. The van der Waals surface area contributed by atoms with E-state index in [2.05, 4.69) is 33.9 Å². The van der Waals surface area contributed by atoms with Crippen LogP contribution in [-0.4, -0.2) is 33.7 Å². The van der Waals surface area contributed by atoms with Gasteiger partial charge in [0.25, 0.3) is 0 Å². The lowest BCUT2D eigenvalue weighted by molar-refractivity contribution is 0.245. The second-order valence-corrected chi connectivity index (χ2v) is 7.89. The SMILES string of the molecule is CCc1ccc(CN2CCc3nc(C4=NCCCC4)ncc3C2)s1. The zero-order chi connectivity index (χ0) is 16.4. The standard InChI is InChI=1S/C19H24N4S/c1-2-15-6-7-16(24-15)13-23-10-8-17-14(12-23)11-21-19(22-17)18-5-3-4-9-20-18/h6-7,11H,2-5,8-10,12-13H2,1H3. The van der Waals surface area contributed by atoms with Crippen LogP contribution >= 0.6 is 11.3 Å². The molecule has 0 fully saturated rings. The Kier molecular flexibility index (Phi) is 4.72. The molecule has 0 atom stereocenters. The third-order valence-corrected chi connectivity index (χ3v) is 6.05. The average molecular weight is 340 g/mol. The number of hydrogen-bond acceptors (Lipinski definition) is 5. The number of nitrogens with zero attached hydrogens (tertiary/aromatic N) is 4. The molecule has 0 bridgehead atoms. The van der Waals surface area contributed by atoms with Crippen LogP contribution in [0.5, 0.6) is 0 Å². The molecule has 4 nitrogen and oxygen atoms in total. The molecule has 0 saturated heterocycles. The molecular formula is C19H24N4S. The van der Waals surface area contributed by atoms with Gasteiger partial charge in [-0.25, -0.2) is 9.97 Å². The molecule has 0 radical (unpaired) electrons. The summed E-state index contributed by atoms with van der Waals surface area (Å²) in [6.07, 6.45) is 7.63. The van der Waals surface area contributed by atoms with Gasteiger partial charge in [0.05, 0.1) is 11.4 Å². The van der Waals surface area contributed by atoms with Gasteiger partial charge in [-0.2, -0.15) is 0 Å². The summed E-state index contributed by atoms with van der Waals surface area (Å²) < 4.78 is 0. The number of aromatic nitrogens is 2. The zero-order valence-corrected chi connectivity index (χ0v) is 15.1. The van der Waals surface area contributed by atoms with Gasteiger partial charge in [-0.15, -0.1) is 11.3 Å². The third kappa shape index (κ3) is 3.42. The fraction of sp³-hybridized carbons (Fsp3) is 0.526. The molecule has 0 amide bonds. The summed E-state index contributed by atoms with van der Waals surface area (Å²) >= 11 is 1.94. The highest BCUT2D eigenvalue weighted by Gasteiger charge is 2.20. The van der Waals surface area contributed by atoms with Crippen molar-refractivity contribution in [2.45, 2.75) is 52.1 Å². The van der Waals surface area contributed by atoms with E-state index in [9.17, 15) is 0 Å². The molecule has 2 aliphatic heterocycles. The Balaban J connectivity index is 1.46. The highest BCUT2D eigenvalue weighted by Crippen LogP contribution is 2.23. The van der Waals surface area contributed by atoms with Crippen LogP contribution in [-0.2, 0) is 25.9 Å². The summed E-state index contributed by atoms with van der Waals surface area (Å²) in [5.41, 5.74) is 3.62. The lowest BCUT2D eigenvalue weighted by atomic mass is 10.1. The number of aryl methyl sites for hydroxylation is 1. The van der Waals surface area contributed by atoms with Gasteiger partial charge in [0.1, 0.15) is 0 Å². The minimum atomic E-state index is 0.868. The molecule has 0 unspecified atom stereocenters. The smallest absolute Gasteiger partial charge is 0.173 e. The Labute approximate surface area is 147 Å². The molecule has 0 aliphatic carbocycles. The van der Waals surface area contributed by atoms with Gasteiger partial charge < -0.3 is 0 Å². The van der Waals surface area contributed by atoms with Crippen LogP contribution in [0.3, 0.4) is 0 Å². The van der Waals surface area contributed by atoms with Crippen molar-refractivity contribution >= 4 is 17.0 Å². The first kappa shape index (κ1) is 15.9. The molecule has 0 aromatic carbocycles. The maximum atomic E-state index is 4.83. The van der Waals surface area contributed by atoms with Gasteiger partial charge in [0.2, 0.25) is 0 Å². The second-order valence-electron chi connectivity index (χ2n) is 6.63. The zero-order valence-electron chi connectivity index (χ0n) is 14.3. The third-order valence-electron chi connectivity index (χ3n) is 4.84. The van der Waals surface area contributed by atoms with E-state index in [4.69, 9.17) is 4.98 Å². The Bertz CT molecular complexity index is 750. The Hall–Kier alpha value is -1.59. The highest BCUT2D eigenvalue weighted by molar-refractivity contribution is 7.11. The molecule has 0 spiro atoms. The van der Waals surface area contributed by atoms with Gasteiger partial charge in [0.15, 0.2) is 5.82 Å². The number of thiophene rings is 1. The van der Waals surface area contributed by atoms with Crippen LogP contribution in [0.4, 0.5) is 0 Å². The molecule has 0 N–H and O–H groups in total. The molecule has 0 saturated carbocycles. The minimum Gasteiger partial charge on any atom is -0.293 e. The van der Waals surface area contributed by atoms with Gasteiger partial charge in [0, 0.05) is 54.1 Å². The van der Waals surface area contributed by atoms with E-state index in [0.717, 1.165) is 57.0 Å². The molecule has 2 aliphatic rings. The largest absolute Gasteiger partial charge is 0.293 e. The summed E-state index contributed by atoms with van der Waals surface area (Å²) in [6, 6.07) is 4.54. The van der Waals surface area contributed by atoms with Gasteiger partial charge in [-0.05, 0) is 37.8 Å².